The highest BCUT2D eigenvalue weighted by Gasteiger charge is 2.33. The van der Waals surface area contributed by atoms with Gasteiger partial charge in [-0.25, -0.2) is 4.98 Å². The van der Waals surface area contributed by atoms with Crippen molar-refractivity contribution in [2.45, 2.75) is 37.8 Å². The standard InChI is InChI=1S/C18H22N4O4S/c1-14(23)27-18-8-17(9-20-7-6-19-12-20)21(10-18)13-26-11-15-2-4-16(5-3-15)22(24)25/h2-7,12,17-18H,8-11,13H2,1H3/t17-,18-/m0/s1. The Morgan fingerprint density at radius 3 is 2.81 bits per heavy atom. The van der Waals surface area contributed by atoms with E-state index in [1.807, 2.05) is 10.8 Å². The molecule has 2 heterocycles. The molecule has 1 aromatic heterocycles. The molecule has 1 aromatic carbocycles. The number of benzene rings is 1. The Morgan fingerprint density at radius 2 is 2.19 bits per heavy atom. The molecule has 0 amide bonds. The van der Waals surface area contributed by atoms with Crippen LogP contribution in [0.2, 0.25) is 0 Å². The number of hydrogen-bond donors (Lipinski definition) is 0. The van der Waals surface area contributed by atoms with Gasteiger partial charge in [-0.05, 0) is 24.1 Å². The minimum atomic E-state index is -0.414. The van der Waals surface area contributed by atoms with Gasteiger partial charge in [0.2, 0.25) is 0 Å². The first-order chi connectivity index (χ1) is 13.0. The minimum Gasteiger partial charge on any atom is -0.361 e. The van der Waals surface area contributed by atoms with Crippen LogP contribution in [0, 0.1) is 10.1 Å². The van der Waals surface area contributed by atoms with Gasteiger partial charge in [-0.3, -0.25) is 19.8 Å². The molecule has 1 aliphatic heterocycles. The Morgan fingerprint density at radius 1 is 1.41 bits per heavy atom. The topological polar surface area (TPSA) is 90.5 Å². The van der Waals surface area contributed by atoms with E-state index < -0.39 is 4.92 Å². The van der Waals surface area contributed by atoms with Crippen molar-refractivity contribution in [3.8, 4) is 0 Å². The molecule has 27 heavy (non-hydrogen) atoms. The third-order valence-corrected chi connectivity index (χ3v) is 5.48. The summed E-state index contributed by atoms with van der Waals surface area (Å²) >= 11 is 1.39. The first-order valence-electron chi connectivity index (χ1n) is 8.69. The van der Waals surface area contributed by atoms with Crippen LogP contribution in [0.1, 0.15) is 18.9 Å². The number of carbonyl (C=O) groups excluding carboxylic acids is 1. The second kappa shape index (κ2) is 9.12. The van der Waals surface area contributed by atoms with Crippen LogP contribution in [0.3, 0.4) is 0 Å². The molecule has 0 unspecified atom stereocenters. The van der Waals surface area contributed by atoms with Crippen LogP contribution in [0.25, 0.3) is 0 Å². The fraction of sp³-hybridized carbons (Fsp3) is 0.444. The van der Waals surface area contributed by atoms with Crippen molar-refractivity contribution < 1.29 is 14.5 Å². The van der Waals surface area contributed by atoms with E-state index in [-0.39, 0.29) is 22.1 Å². The SMILES string of the molecule is CC(=O)S[C@H]1C[C@@H](Cn2ccnc2)N(COCc2ccc([N+](=O)[O-])cc2)C1. The Balaban J connectivity index is 1.55. The van der Waals surface area contributed by atoms with Gasteiger partial charge < -0.3 is 9.30 Å². The average Bonchev–Trinajstić information content (AvgIpc) is 3.25. The maximum absolute atomic E-state index is 11.5. The summed E-state index contributed by atoms with van der Waals surface area (Å²) in [4.78, 5) is 28.1. The van der Waals surface area contributed by atoms with Gasteiger partial charge in [-0.1, -0.05) is 11.8 Å². The maximum atomic E-state index is 11.5. The normalized spacial score (nSPS) is 20.0. The van der Waals surface area contributed by atoms with Crippen LogP contribution in [-0.4, -0.2) is 49.1 Å². The fourth-order valence-electron chi connectivity index (χ4n) is 3.24. The number of nitrogens with zero attached hydrogens (tertiary/aromatic N) is 4. The lowest BCUT2D eigenvalue weighted by molar-refractivity contribution is -0.384. The molecule has 144 valence electrons. The highest BCUT2D eigenvalue weighted by molar-refractivity contribution is 8.14. The number of nitro benzene ring substituents is 1. The van der Waals surface area contributed by atoms with Crippen molar-refractivity contribution in [3.05, 3.63) is 58.7 Å². The first-order valence-corrected chi connectivity index (χ1v) is 9.57. The predicted octanol–water partition coefficient (Wildman–Crippen LogP) is 2.69. The number of ether oxygens (including phenoxy) is 1. The van der Waals surface area contributed by atoms with E-state index in [0.29, 0.717) is 13.3 Å². The van der Waals surface area contributed by atoms with E-state index in [4.69, 9.17) is 4.74 Å². The summed E-state index contributed by atoms with van der Waals surface area (Å²) in [6.45, 7) is 4.03. The molecular formula is C18H22N4O4S. The van der Waals surface area contributed by atoms with Crippen LogP contribution >= 0.6 is 11.8 Å². The van der Waals surface area contributed by atoms with E-state index in [0.717, 1.165) is 25.1 Å². The number of nitro groups is 1. The van der Waals surface area contributed by atoms with Crippen molar-refractivity contribution in [2.24, 2.45) is 0 Å². The van der Waals surface area contributed by atoms with Crippen LogP contribution in [0.15, 0.2) is 43.0 Å². The van der Waals surface area contributed by atoms with E-state index in [9.17, 15) is 14.9 Å². The van der Waals surface area contributed by atoms with Gasteiger partial charge in [0.05, 0.1) is 24.6 Å². The zero-order valence-corrected chi connectivity index (χ0v) is 15.9. The lowest BCUT2D eigenvalue weighted by Crippen LogP contribution is -2.34. The van der Waals surface area contributed by atoms with Crippen molar-refractivity contribution in [2.75, 3.05) is 13.3 Å². The number of imidazole rings is 1. The second-order valence-electron chi connectivity index (χ2n) is 6.55. The van der Waals surface area contributed by atoms with E-state index >= 15 is 0 Å². The first kappa shape index (κ1) is 19.5. The summed E-state index contributed by atoms with van der Waals surface area (Å²) in [5, 5.41) is 11.1. The highest BCUT2D eigenvalue weighted by Crippen LogP contribution is 2.29. The van der Waals surface area contributed by atoms with Crippen molar-refractivity contribution in [1.82, 2.24) is 14.5 Å². The Hall–Kier alpha value is -2.23. The molecule has 1 saturated heterocycles. The number of hydrogen-bond acceptors (Lipinski definition) is 7. The number of thioether (sulfide) groups is 1. The number of carbonyl (C=O) groups is 1. The summed E-state index contributed by atoms with van der Waals surface area (Å²) in [5.41, 5.74) is 0.961. The van der Waals surface area contributed by atoms with Gasteiger partial charge in [0.1, 0.15) is 0 Å². The molecule has 1 aliphatic rings. The van der Waals surface area contributed by atoms with Gasteiger partial charge >= 0.3 is 0 Å². The largest absolute Gasteiger partial charge is 0.361 e. The fourth-order valence-corrected chi connectivity index (χ4v) is 4.29. The summed E-state index contributed by atoms with van der Waals surface area (Å²) in [5.74, 6) is 0. The average molecular weight is 390 g/mol. The Bertz CT molecular complexity index is 766. The quantitative estimate of drug-likeness (QED) is 0.505. The summed E-state index contributed by atoms with van der Waals surface area (Å²) < 4.78 is 7.88. The molecule has 0 saturated carbocycles. The molecule has 0 radical (unpaired) electrons. The van der Waals surface area contributed by atoms with Gasteiger partial charge in [-0.15, -0.1) is 0 Å². The lowest BCUT2D eigenvalue weighted by atomic mass is 10.2. The van der Waals surface area contributed by atoms with Crippen molar-refractivity contribution in [1.29, 1.82) is 0 Å². The summed E-state index contributed by atoms with van der Waals surface area (Å²) in [6, 6.07) is 6.65. The van der Waals surface area contributed by atoms with E-state index in [2.05, 4.69) is 9.88 Å². The molecule has 2 atom stereocenters. The number of likely N-dealkylation sites (tertiary alicyclic amines) is 1. The van der Waals surface area contributed by atoms with Crippen molar-refractivity contribution >= 4 is 22.6 Å². The lowest BCUT2D eigenvalue weighted by Gasteiger charge is -2.24. The Kier molecular flexibility index (Phi) is 6.59. The second-order valence-corrected chi connectivity index (χ2v) is 8.03. The maximum Gasteiger partial charge on any atom is 0.269 e. The molecular weight excluding hydrogens is 368 g/mol. The molecule has 2 aromatic rings. The van der Waals surface area contributed by atoms with E-state index in [1.165, 1.54) is 23.9 Å². The molecule has 0 spiro atoms. The van der Waals surface area contributed by atoms with Gasteiger partial charge in [0.25, 0.3) is 5.69 Å². The highest BCUT2D eigenvalue weighted by atomic mass is 32.2. The zero-order valence-electron chi connectivity index (χ0n) is 15.1. The van der Waals surface area contributed by atoms with Crippen LogP contribution in [0.4, 0.5) is 5.69 Å². The van der Waals surface area contributed by atoms with Gasteiger partial charge in [0, 0.05) is 55.8 Å². The van der Waals surface area contributed by atoms with Gasteiger partial charge in [-0.2, -0.15) is 0 Å². The molecule has 0 N–H and O–H groups in total. The van der Waals surface area contributed by atoms with Gasteiger partial charge in [0.15, 0.2) is 5.12 Å². The van der Waals surface area contributed by atoms with E-state index in [1.54, 1.807) is 31.6 Å². The summed E-state index contributed by atoms with van der Waals surface area (Å²) in [7, 11) is 0. The molecule has 8 nitrogen and oxygen atoms in total. The van der Waals surface area contributed by atoms with Crippen molar-refractivity contribution in [3.63, 3.8) is 0 Å². The van der Waals surface area contributed by atoms with Crippen LogP contribution in [-0.2, 0) is 22.7 Å². The minimum absolute atomic E-state index is 0.0720. The Labute approximate surface area is 161 Å². The number of non-ortho nitro benzene ring substituents is 1. The van der Waals surface area contributed by atoms with Crippen LogP contribution in [0.5, 0.6) is 0 Å². The van der Waals surface area contributed by atoms with Crippen LogP contribution < -0.4 is 0 Å². The molecule has 0 aliphatic carbocycles. The predicted molar refractivity (Wildman–Crippen MR) is 102 cm³/mol. The third kappa shape index (κ3) is 5.62. The molecule has 0 bridgehead atoms. The third-order valence-electron chi connectivity index (χ3n) is 4.48. The molecule has 3 rings (SSSR count). The monoisotopic (exact) mass is 390 g/mol. The zero-order chi connectivity index (χ0) is 19.2. The molecule has 9 heteroatoms. The number of aromatic nitrogens is 2. The molecule has 1 fully saturated rings. The number of rotatable bonds is 8. The smallest absolute Gasteiger partial charge is 0.269 e. The summed E-state index contributed by atoms with van der Waals surface area (Å²) in [6.07, 6.45) is 6.40.